The van der Waals surface area contributed by atoms with Gasteiger partial charge in [0.25, 0.3) is 0 Å². The molecule has 1 heterocycles. The summed E-state index contributed by atoms with van der Waals surface area (Å²) in [5.41, 5.74) is 6.04. The monoisotopic (exact) mass is 308 g/mol. The van der Waals surface area contributed by atoms with Gasteiger partial charge in [-0.3, -0.25) is 4.72 Å². The number of carbonyl (C=O) groups excluding carboxylic acids is 1. The summed E-state index contributed by atoms with van der Waals surface area (Å²) in [7, 11) is -2.48. The van der Waals surface area contributed by atoms with Crippen LogP contribution in [0.3, 0.4) is 0 Å². The van der Waals surface area contributed by atoms with E-state index in [1.54, 1.807) is 12.3 Å². The normalized spacial score (nSPS) is 11.0. The van der Waals surface area contributed by atoms with E-state index in [0.29, 0.717) is 5.56 Å². The van der Waals surface area contributed by atoms with E-state index in [4.69, 9.17) is 5.73 Å². The van der Waals surface area contributed by atoms with Crippen LogP contribution in [-0.2, 0) is 14.8 Å². The van der Waals surface area contributed by atoms with Crippen LogP contribution in [0.1, 0.15) is 15.2 Å². The van der Waals surface area contributed by atoms with Crippen molar-refractivity contribution in [1.82, 2.24) is 0 Å². The standard InChI is InChI=1S/C9H12N2O4S3/c1-5-3-17-8(9(12)15-2)7(5)11-18(13,14)4-6(10)16/h3,11H,4H2,1-2H3,(H2,10,16). The van der Waals surface area contributed by atoms with Crippen molar-refractivity contribution >= 4 is 50.2 Å². The number of anilines is 1. The molecule has 0 saturated heterocycles. The van der Waals surface area contributed by atoms with Gasteiger partial charge in [-0.25, -0.2) is 13.2 Å². The zero-order chi connectivity index (χ0) is 13.9. The fourth-order valence-electron chi connectivity index (χ4n) is 1.19. The molecule has 6 nitrogen and oxygen atoms in total. The van der Waals surface area contributed by atoms with Crippen molar-refractivity contribution in [3.63, 3.8) is 0 Å². The minimum atomic E-state index is -3.71. The zero-order valence-corrected chi connectivity index (χ0v) is 12.2. The molecule has 0 aliphatic carbocycles. The summed E-state index contributed by atoms with van der Waals surface area (Å²) in [4.78, 5) is 11.5. The first-order valence-corrected chi connectivity index (χ1v) is 7.66. The number of aryl methyl sites for hydroxylation is 1. The maximum atomic E-state index is 11.7. The molecule has 0 saturated carbocycles. The molecule has 0 aliphatic heterocycles. The highest BCUT2D eigenvalue weighted by atomic mass is 32.2. The third-order valence-corrected chi connectivity index (χ3v) is 4.55. The van der Waals surface area contributed by atoms with Crippen molar-refractivity contribution in [2.24, 2.45) is 5.73 Å². The molecule has 0 aromatic carbocycles. The van der Waals surface area contributed by atoms with Crippen LogP contribution in [0.25, 0.3) is 0 Å². The third-order valence-electron chi connectivity index (χ3n) is 1.94. The number of methoxy groups -OCH3 is 1. The van der Waals surface area contributed by atoms with Crippen LogP contribution in [-0.4, -0.2) is 32.2 Å². The predicted octanol–water partition coefficient (Wildman–Crippen LogP) is 0.871. The summed E-state index contributed by atoms with van der Waals surface area (Å²) in [5, 5.41) is 1.66. The molecule has 0 spiro atoms. The molecule has 0 aliphatic rings. The summed E-state index contributed by atoms with van der Waals surface area (Å²) in [6.45, 7) is 1.68. The average Bonchev–Trinajstić information content (AvgIpc) is 2.57. The van der Waals surface area contributed by atoms with E-state index in [0.717, 1.165) is 11.3 Å². The number of nitrogens with two attached hydrogens (primary N) is 1. The summed E-state index contributed by atoms with van der Waals surface area (Å²) >= 11 is 5.65. The van der Waals surface area contributed by atoms with Gasteiger partial charge in [0.05, 0.1) is 17.8 Å². The highest BCUT2D eigenvalue weighted by Gasteiger charge is 2.21. The number of hydrogen-bond acceptors (Lipinski definition) is 6. The minimum absolute atomic E-state index is 0.144. The first-order chi connectivity index (χ1) is 8.26. The van der Waals surface area contributed by atoms with Gasteiger partial charge in [0, 0.05) is 0 Å². The molecule has 18 heavy (non-hydrogen) atoms. The minimum Gasteiger partial charge on any atom is -0.465 e. The van der Waals surface area contributed by atoms with Crippen LogP contribution in [0.15, 0.2) is 5.38 Å². The van der Waals surface area contributed by atoms with Crippen LogP contribution in [0, 0.1) is 6.92 Å². The summed E-state index contributed by atoms with van der Waals surface area (Å²) in [5.74, 6) is -1.07. The van der Waals surface area contributed by atoms with Gasteiger partial charge in [-0.05, 0) is 17.9 Å². The molecule has 1 aromatic rings. The van der Waals surface area contributed by atoms with Gasteiger partial charge in [0.1, 0.15) is 10.6 Å². The Morgan fingerprint density at radius 2 is 2.22 bits per heavy atom. The largest absolute Gasteiger partial charge is 0.465 e. The number of rotatable bonds is 5. The lowest BCUT2D eigenvalue weighted by molar-refractivity contribution is 0.0607. The van der Waals surface area contributed by atoms with Gasteiger partial charge >= 0.3 is 5.97 Å². The molecule has 1 aromatic heterocycles. The van der Waals surface area contributed by atoms with E-state index in [9.17, 15) is 13.2 Å². The Hall–Kier alpha value is -1.19. The Morgan fingerprint density at radius 3 is 2.72 bits per heavy atom. The third kappa shape index (κ3) is 3.65. The number of carbonyl (C=O) groups is 1. The Balaban J connectivity index is 3.08. The molecule has 0 bridgehead atoms. The molecule has 3 N–H and O–H groups in total. The van der Waals surface area contributed by atoms with Gasteiger partial charge < -0.3 is 10.5 Å². The molecule has 9 heteroatoms. The van der Waals surface area contributed by atoms with Gasteiger partial charge in [-0.1, -0.05) is 12.2 Å². The second kappa shape index (κ2) is 5.63. The van der Waals surface area contributed by atoms with Crippen LogP contribution in [0.2, 0.25) is 0 Å². The van der Waals surface area contributed by atoms with Crippen LogP contribution in [0.5, 0.6) is 0 Å². The van der Waals surface area contributed by atoms with Crippen molar-refractivity contribution in [3.05, 3.63) is 15.8 Å². The predicted molar refractivity (Wildman–Crippen MR) is 74.6 cm³/mol. The Bertz CT molecular complexity index is 577. The first kappa shape index (κ1) is 14.9. The van der Waals surface area contributed by atoms with E-state index in [2.05, 4.69) is 21.7 Å². The average molecular weight is 308 g/mol. The van der Waals surface area contributed by atoms with Gasteiger partial charge in [-0.15, -0.1) is 11.3 Å². The molecule has 0 unspecified atom stereocenters. The highest BCUT2D eigenvalue weighted by molar-refractivity contribution is 7.95. The van der Waals surface area contributed by atoms with Crippen molar-refractivity contribution in [2.75, 3.05) is 17.6 Å². The van der Waals surface area contributed by atoms with Gasteiger partial charge in [0.2, 0.25) is 10.0 Å². The Labute approximate surface area is 114 Å². The van der Waals surface area contributed by atoms with E-state index < -0.39 is 21.7 Å². The van der Waals surface area contributed by atoms with Crippen LogP contribution >= 0.6 is 23.6 Å². The Kier molecular flexibility index (Phi) is 4.65. The smallest absolute Gasteiger partial charge is 0.350 e. The second-order valence-electron chi connectivity index (χ2n) is 3.44. The SMILES string of the molecule is COC(=O)c1scc(C)c1NS(=O)(=O)CC(N)=S. The molecular formula is C9H12N2O4S3. The van der Waals surface area contributed by atoms with Crippen molar-refractivity contribution in [3.8, 4) is 0 Å². The van der Waals surface area contributed by atoms with Crippen LogP contribution in [0.4, 0.5) is 5.69 Å². The Morgan fingerprint density at radius 1 is 1.61 bits per heavy atom. The maximum Gasteiger partial charge on any atom is 0.350 e. The van der Waals surface area contributed by atoms with Crippen molar-refractivity contribution in [1.29, 1.82) is 0 Å². The van der Waals surface area contributed by atoms with Gasteiger partial charge in [0.15, 0.2) is 0 Å². The summed E-state index contributed by atoms with van der Waals surface area (Å²) in [6, 6.07) is 0. The number of esters is 1. The highest BCUT2D eigenvalue weighted by Crippen LogP contribution is 2.29. The summed E-state index contributed by atoms with van der Waals surface area (Å²) in [6.07, 6.45) is 0. The number of thiophene rings is 1. The number of thiocarbonyl (C=S) groups is 1. The lowest BCUT2D eigenvalue weighted by atomic mass is 10.3. The number of ether oxygens (including phenoxy) is 1. The van der Waals surface area contributed by atoms with Crippen LogP contribution < -0.4 is 10.5 Å². The number of hydrogen-bond donors (Lipinski definition) is 2. The zero-order valence-electron chi connectivity index (χ0n) is 9.72. The molecule has 100 valence electrons. The molecule has 0 amide bonds. The van der Waals surface area contributed by atoms with E-state index in [1.165, 1.54) is 7.11 Å². The molecule has 0 atom stereocenters. The van der Waals surface area contributed by atoms with Crippen molar-refractivity contribution < 1.29 is 17.9 Å². The number of nitrogens with one attached hydrogen (secondary N) is 1. The molecule has 0 fully saturated rings. The molecular weight excluding hydrogens is 296 g/mol. The van der Waals surface area contributed by atoms with Crippen molar-refractivity contribution in [2.45, 2.75) is 6.92 Å². The maximum absolute atomic E-state index is 11.7. The van der Waals surface area contributed by atoms with E-state index in [1.807, 2.05) is 0 Å². The fourth-order valence-corrected chi connectivity index (χ4v) is 3.67. The second-order valence-corrected chi connectivity index (χ2v) is 6.57. The molecule has 1 rings (SSSR count). The quantitative estimate of drug-likeness (QED) is 0.618. The first-order valence-electron chi connectivity index (χ1n) is 4.72. The van der Waals surface area contributed by atoms with E-state index >= 15 is 0 Å². The summed E-state index contributed by atoms with van der Waals surface area (Å²) < 4.78 is 30.3. The molecule has 0 radical (unpaired) electrons. The topological polar surface area (TPSA) is 98.5 Å². The lowest BCUT2D eigenvalue weighted by Gasteiger charge is -2.08. The van der Waals surface area contributed by atoms with Gasteiger partial charge in [-0.2, -0.15) is 0 Å². The lowest BCUT2D eigenvalue weighted by Crippen LogP contribution is -2.27. The van der Waals surface area contributed by atoms with E-state index in [-0.39, 0.29) is 15.6 Å². The fraction of sp³-hybridized carbons (Fsp3) is 0.333. The number of sulfonamides is 1.